The third kappa shape index (κ3) is 2.57. The molecule has 0 aliphatic rings. The third-order valence-corrected chi connectivity index (χ3v) is 3.80. The number of hydrogen-bond acceptors (Lipinski definition) is 7. The predicted molar refractivity (Wildman–Crippen MR) is 77.2 cm³/mol. The van der Waals surface area contributed by atoms with Gasteiger partial charge >= 0.3 is 0 Å². The van der Waals surface area contributed by atoms with E-state index in [1.54, 1.807) is 11.3 Å². The van der Waals surface area contributed by atoms with Gasteiger partial charge in [-0.15, -0.1) is 0 Å². The lowest BCUT2D eigenvalue weighted by atomic mass is 10.3. The Morgan fingerprint density at radius 2 is 2.25 bits per heavy atom. The summed E-state index contributed by atoms with van der Waals surface area (Å²) >= 11 is 1.58. The van der Waals surface area contributed by atoms with Crippen molar-refractivity contribution >= 4 is 26.7 Å². The minimum Gasteiger partial charge on any atom is -0.494 e. The molecule has 0 atom stereocenters. The molecule has 1 N–H and O–H groups in total. The van der Waals surface area contributed by atoms with Crippen LogP contribution in [0.15, 0.2) is 22.8 Å². The molecule has 1 aromatic carbocycles. The van der Waals surface area contributed by atoms with E-state index in [1.807, 2.05) is 32.0 Å². The molecule has 0 spiro atoms. The van der Waals surface area contributed by atoms with Gasteiger partial charge in [-0.2, -0.15) is 0 Å². The first-order valence-electron chi connectivity index (χ1n) is 6.31. The second-order valence-electron chi connectivity index (χ2n) is 4.23. The third-order valence-electron chi connectivity index (χ3n) is 2.82. The summed E-state index contributed by atoms with van der Waals surface area (Å²) in [6.07, 6.45) is 0. The van der Waals surface area contributed by atoms with Crippen LogP contribution < -0.4 is 10.1 Å². The Hall–Kier alpha value is -2.15. The number of anilines is 1. The van der Waals surface area contributed by atoms with Gasteiger partial charge < -0.3 is 10.1 Å². The van der Waals surface area contributed by atoms with Crippen LogP contribution in [0.2, 0.25) is 0 Å². The monoisotopic (exact) mass is 290 g/mol. The highest BCUT2D eigenvalue weighted by atomic mass is 32.1. The van der Waals surface area contributed by atoms with Gasteiger partial charge in [0.15, 0.2) is 5.13 Å². The summed E-state index contributed by atoms with van der Waals surface area (Å²) in [5.41, 5.74) is 2.53. The zero-order valence-corrected chi connectivity index (χ0v) is 12.0. The van der Waals surface area contributed by atoms with Crippen LogP contribution >= 0.6 is 11.3 Å². The van der Waals surface area contributed by atoms with E-state index < -0.39 is 0 Å². The fraction of sp³-hybridized carbons (Fsp3) is 0.308. The Morgan fingerprint density at radius 1 is 1.35 bits per heavy atom. The first kappa shape index (κ1) is 12.9. The SMILES string of the molecule is CCOc1ccc2nc(NCc3nonc3C)sc2c1. The number of fused-ring (bicyclic) bond motifs is 1. The van der Waals surface area contributed by atoms with Gasteiger partial charge in [-0.3, -0.25) is 0 Å². The maximum atomic E-state index is 5.49. The average molecular weight is 290 g/mol. The van der Waals surface area contributed by atoms with Crippen molar-refractivity contribution < 1.29 is 9.37 Å². The molecule has 0 bridgehead atoms. The zero-order chi connectivity index (χ0) is 13.9. The molecule has 0 fully saturated rings. The molecule has 0 amide bonds. The van der Waals surface area contributed by atoms with Gasteiger partial charge in [0, 0.05) is 0 Å². The van der Waals surface area contributed by atoms with Gasteiger partial charge in [0.05, 0.1) is 23.4 Å². The van der Waals surface area contributed by atoms with Crippen LogP contribution in [0, 0.1) is 6.92 Å². The lowest BCUT2D eigenvalue weighted by Crippen LogP contribution is -2.00. The van der Waals surface area contributed by atoms with E-state index in [9.17, 15) is 0 Å². The van der Waals surface area contributed by atoms with Gasteiger partial charge in [0.25, 0.3) is 0 Å². The second kappa shape index (κ2) is 5.46. The topological polar surface area (TPSA) is 73.1 Å². The van der Waals surface area contributed by atoms with Gasteiger partial charge in [0.1, 0.15) is 17.1 Å². The molecule has 104 valence electrons. The number of aryl methyl sites for hydroxylation is 1. The molecule has 2 aromatic heterocycles. The molecule has 0 saturated heterocycles. The number of thiazole rings is 1. The summed E-state index contributed by atoms with van der Waals surface area (Å²) in [5, 5.41) is 11.7. The summed E-state index contributed by atoms with van der Waals surface area (Å²) in [6, 6.07) is 5.90. The van der Waals surface area contributed by atoms with Crippen LogP contribution in [-0.4, -0.2) is 21.9 Å². The van der Waals surface area contributed by atoms with Crippen LogP contribution in [0.25, 0.3) is 10.2 Å². The molecule has 0 aliphatic heterocycles. The van der Waals surface area contributed by atoms with Crippen LogP contribution in [0.3, 0.4) is 0 Å². The van der Waals surface area contributed by atoms with E-state index in [1.165, 1.54) is 0 Å². The van der Waals surface area contributed by atoms with Gasteiger partial charge in [0.2, 0.25) is 0 Å². The summed E-state index contributed by atoms with van der Waals surface area (Å²) in [6.45, 7) is 5.04. The molecule has 2 heterocycles. The molecule has 20 heavy (non-hydrogen) atoms. The molecule has 0 unspecified atom stereocenters. The number of ether oxygens (including phenoxy) is 1. The average Bonchev–Trinajstić information content (AvgIpc) is 3.02. The van der Waals surface area contributed by atoms with E-state index in [4.69, 9.17) is 4.74 Å². The predicted octanol–water partition coefficient (Wildman–Crippen LogP) is 3.00. The van der Waals surface area contributed by atoms with E-state index >= 15 is 0 Å². The minimum atomic E-state index is 0.549. The number of nitrogens with one attached hydrogen (secondary N) is 1. The van der Waals surface area contributed by atoms with Crippen LogP contribution in [0.4, 0.5) is 5.13 Å². The largest absolute Gasteiger partial charge is 0.494 e. The highest BCUT2D eigenvalue weighted by Crippen LogP contribution is 2.29. The van der Waals surface area contributed by atoms with Gasteiger partial charge in [-0.05, 0) is 32.0 Å². The van der Waals surface area contributed by atoms with Gasteiger partial charge in [-0.25, -0.2) is 9.61 Å². The Labute approximate surface area is 119 Å². The molecule has 0 aliphatic carbocycles. The maximum Gasteiger partial charge on any atom is 0.184 e. The van der Waals surface area contributed by atoms with Crippen LogP contribution in [-0.2, 0) is 6.54 Å². The first-order chi connectivity index (χ1) is 9.76. The minimum absolute atomic E-state index is 0.549. The van der Waals surface area contributed by atoms with Crippen molar-refractivity contribution in [2.45, 2.75) is 20.4 Å². The van der Waals surface area contributed by atoms with Crippen molar-refractivity contribution in [1.82, 2.24) is 15.3 Å². The molecule has 7 heteroatoms. The summed E-state index contributed by atoms with van der Waals surface area (Å²) in [5.74, 6) is 0.867. The van der Waals surface area contributed by atoms with Crippen molar-refractivity contribution in [2.24, 2.45) is 0 Å². The first-order valence-corrected chi connectivity index (χ1v) is 7.13. The molecule has 3 aromatic rings. The van der Waals surface area contributed by atoms with Crippen LogP contribution in [0.5, 0.6) is 5.75 Å². The molecule has 3 rings (SSSR count). The lowest BCUT2D eigenvalue weighted by Gasteiger charge is -2.00. The number of benzene rings is 1. The van der Waals surface area contributed by atoms with Crippen molar-refractivity contribution in [2.75, 3.05) is 11.9 Å². The van der Waals surface area contributed by atoms with E-state index in [0.717, 1.165) is 32.5 Å². The van der Waals surface area contributed by atoms with Crippen molar-refractivity contribution in [3.63, 3.8) is 0 Å². The Morgan fingerprint density at radius 3 is 3.00 bits per heavy atom. The molecular formula is C13H14N4O2S. The maximum absolute atomic E-state index is 5.49. The van der Waals surface area contributed by atoms with Crippen molar-refractivity contribution in [3.8, 4) is 5.75 Å². The van der Waals surface area contributed by atoms with E-state index in [2.05, 4.69) is 25.2 Å². The highest BCUT2D eigenvalue weighted by Gasteiger charge is 2.08. The number of hydrogen-bond donors (Lipinski definition) is 1. The van der Waals surface area contributed by atoms with E-state index in [-0.39, 0.29) is 0 Å². The van der Waals surface area contributed by atoms with Crippen LogP contribution in [0.1, 0.15) is 18.3 Å². The Balaban J connectivity index is 1.77. The Kier molecular flexibility index (Phi) is 3.51. The fourth-order valence-electron chi connectivity index (χ4n) is 1.81. The molecule has 0 saturated carbocycles. The standard InChI is InChI=1S/C13H14N4O2S/c1-3-18-9-4-5-10-12(6-9)20-13(15-10)14-7-11-8(2)16-19-17-11/h4-6H,3,7H2,1-2H3,(H,14,15). The fourth-order valence-corrected chi connectivity index (χ4v) is 2.70. The number of aromatic nitrogens is 3. The molecule has 0 radical (unpaired) electrons. The second-order valence-corrected chi connectivity index (χ2v) is 5.26. The number of rotatable bonds is 5. The smallest absolute Gasteiger partial charge is 0.184 e. The van der Waals surface area contributed by atoms with Crippen molar-refractivity contribution in [1.29, 1.82) is 0 Å². The summed E-state index contributed by atoms with van der Waals surface area (Å²) < 4.78 is 11.2. The number of nitrogens with zero attached hydrogens (tertiary/aromatic N) is 3. The van der Waals surface area contributed by atoms with Gasteiger partial charge in [-0.1, -0.05) is 21.7 Å². The van der Waals surface area contributed by atoms with Crippen molar-refractivity contribution in [3.05, 3.63) is 29.6 Å². The normalized spacial score (nSPS) is 10.9. The molecular weight excluding hydrogens is 276 g/mol. The summed E-state index contributed by atoms with van der Waals surface area (Å²) in [7, 11) is 0. The lowest BCUT2D eigenvalue weighted by molar-refractivity contribution is 0.301. The summed E-state index contributed by atoms with van der Waals surface area (Å²) in [4.78, 5) is 4.52. The zero-order valence-electron chi connectivity index (χ0n) is 11.2. The van der Waals surface area contributed by atoms with E-state index in [0.29, 0.717) is 13.2 Å². The Bertz CT molecular complexity index is 722. The molecule has 6 nitrogen and oxygen atoms in total. The quantitative estimate of drug-likeness (QED) is 0.778. The highest BCUT2D eigenvalue weighted by molar-refractivity contribution is 7.22.